The molecule has 20 heavy (non-hydrogen) atoms. The van der Waals surface area contributed by atoms with Gasteiger partial charge < -0.3 is 11.1 Å². The van der Waals surface area contributed by atoms with Crippen LogP contribution in [-0.4, -0.2) is 18.0 Å². The standard InChI is InChI=1S/C17H24N2O/c18-15-7-2-1-3-8-16(15)19-17(20)14-10-9-12-5-4-6-13(12)11-14/h9-11,15-16H,1-8,18H2,(H,19,20). The van der Waals surface area contributed by atoms with Gasteiger partial charge in [0.15, 0.2) is 0 Å². The van der Waals surface area contributed by atoms with Crippen molar-refractivity contribution in [3.05, 3.63) is 34.9 Å². The number of fused-ring (bicyclic) bond motifs is 1. The van der Waals surface area contributed by atoms with E-state index in [1.54, 1.807) is 0 Å². The van der Waals surface area contributed by atoms with Gasteiger partial charge in [0.25, 0.3) is 5.91 Å². The maximum atomic E-state index is 12.4. The van der Waals surface area contributed by atoms with Gasteiger partial charge in [-0.2, -0.15) is 0 Å². The highest BCUT2D eigenvalue weighted by molar-refractivity contribution is 5.94. The molecular formula is C17H24N2O. The second-order valence-corrected chi connectivity index (χ2v) is 6.22. The van der Waals surface area contributed by atoms with E-state index in [4.69, 9.17) is 5.73 Å². The van der Waals surface area contributed by atoms with E-state index in [0.29, 0.717) is 0 Å². The van der Waals surface area contributed by atoms with Crippen LogP contribution < -0.4 is 11.1 Å². The minimum absolute atomic E-state index is 0.0436. The van der Waals surface area contributed by atoms with Crippen LogP contribution in [0.3, 0.4) is 0 Å². The Balaban J connectivity index is 1.69. The molecule has 0 heterocycles. The number of aryl methyl sites for hydroxylation is 2. The maximum absolute atomic E-state index is 12.4. The fourth-order valence-corrected chi connectivity index (χ4v) is 3.48. The Kier molecular flexibility index (Phi) is 4.06. The van der Waals surface area contributed by atoms with Crippen LogP contribution in [0.1, 0.15) is 60.0 Å². The lowest BCUT2D eigenvalue weighted by molar-refractivity contribution is 0.0928. The molecule has 3 rings (SSSR count). The summed E-state index contributed by atoms with van der Waals surface area (Å²) in [5.74, 6) is 0.0436. The molecule has 0 saturated heterocycles. The molecule has 0 aromatic heterocycles. The topological polar surface area (TPSA) is 55.1 Å². The largest absolute Gasteiger partial charge is 0.348 e. The number of amides is 1. The SMILES string of the molecule is NC1CCCCCC1NC(=O)c1ccc2c(c1)CCC2. The molecule has 0 bridgehead atoms. The van der Waals surface area contributed by atoms with E-state index in [-0.39, 0.29) is 18.0 Å². The highest BCUT2D eigenvalue weighted by Crippen LogP contribution is 2.23. The summed E-state index contributed by atoms with van der Waals surface area (Å²) >= 11 is 0. The predicted molar refractivity (Wildman–Crippen MR) is 80.8 cm³/mol. The number of benzene rings is 1. The van der Waals surface area contributed by atoms with Gasteiger partial charge in [0.1, 0.15) is 0 Å². The zero-order chi connectivity index (χ0) is 13.9. The van der Waals surface area contributed by atoms with Gasteiger partial charge in [-0.25, -0.2) is 0 Å². The van der Waals surface area contributed by atoms with Crippen molar-refractivity contribution in [1.82, 2.24) is 5.32 Å². The van der Waals surface area contributed by atoms with Gasteiger partial charge in [-0.1, -0.05) is 25.3 Å². The Morgan fingerprint density at radius 1 is 1.05 bits per heavy atom. The molecule has 108 valence electrons. The molecule has 3 N–H and O–H groups in total. The summed E-state index contributed by atoms with van der Waals surface area (Å²) in [7, 11) is 0. The van der Waals surface area contributed by atoms with Gasteiger partial charge in [0.05, 0.1) is 0 Å². The van der Waals surface area contributed by atoms with Crippen molar-refractivity contribution >= 4 is 5.91 Å². The molecule has 1 aromatic carbocycles. The van der Waals surface area contributed by atoms with Crippen LogP contribution >= 0.6 is 0 Å². The second-order valence-electron chi connectivity index (χ2n) is 6.22. The van der Waals surface area contributed by atoms with Crippen molar-refractivity contribution in [3.8, 4) is 0 Å². The van der Waals surface area contributed by atoms with E-state index >= 15 is 0 Å². The summed E-state index contributed by atoms with van der Waals surface area (Å²) in [5, 5.41) is 3.15. The minimum Gasteiger partial charge on any atom is -0.348 e. The third-order valence-electron chi connectivity index (χ3n) is 4.75. The third kappa shape index (κ3) is 2.88. The molecule has 1 amide bonds. The van der Waals surface area contributed by atoms with Gasteiger partial charge in [0, 0.05) is 17.6 Å². The van der Waals surface area contributed by atoms with Crippen LogP contribution in [0.15, 0.2) is 18.2 Å². The fraction of sp³-hybridized carbons (Fsp3) is 0.588. The third-order valence-corrected chi connectivity index (χ3v) is 4.75. The number of nitrogens with two attached hydrogens (primary N) is 1. The van der Waals surface area contributed by atoms with Gasteiger partial charge in [-0.15, -0.1) is 0 Å². The first-order valence-corrected chi connectivity index (χ1v) is 7.92. The van der Waals surface area contributed by atoms with Gasteiger partial charge >= 0.3 is 0 Å². The van der Waals surface area contributed by atoms with Crippen LogP contribution in [0.4, 0.5) is 0 Å². The van der Waals surface area contributed by atoms with E-state index in [2.05, 4.69) is 17.4 Å². The molecule has 2 aliphatic rings. The molecule has 3 heteroatoms. The highest BCUT2D eigenvalue weighted by Gasteiger charge is 2.23. The number of hydrogen-bond acceptors (Lipinski definition) is 2. The Morgan fingerprint density at radius 2 is 1.85 bits per heavy atom. The monoisotopic (exact) mass is 272 g/mol. The number of nitrogens with one attached hydrogen (secondary N) is 1. The number of carbonyl (C=O) groups is 1. The normalized spacial score (nSPS) is 25.9. The van der Waals surface area contributed by atoms with Crippen LogP contribution in [0, 0.1) is 0 Å². The van der Waals surface area contributed by atoms with E-state index in [9.17, 15) is 4.79 Å². The van der Waals surface area contributed by atoms with E-state index in [1.807, 2.05) is 6.07 Å². The molecular weight excluding hydrogens is 248 g/mol. The molecule has 2 unspecified atom stereocenters. The second kappa shape index (κ2) is 5.96. The number of hydrogen-bond donors (Lipinski definition) is 2. The predicted octanol–water partition coefficient (Wildman–Crippen LogP) is 2.57. The van der Waals surface area contributed by atoms with Crippen molar-refractivity contribution in [2.75, 3.05) is 0 Å². The highest BCUT2D eigenvalue weighted by atomic mass is 16.1. The zero-order valence-corrected chi connectivity index (χ0v) is 12.0. The quantitative estimate of drug-likeness (QED) is 0.813. The Morgan fingerprint density at radius 3 is 2.75 bits per heavy atom. The lowest BCUT2D eigenvalue weighted by Crippen LogP contribution is -2.46. The molecule has 1 aromatic rings. The minimum atomic E-state index is 0.0436. The van der Waals surface area contributed by atoms with Crippen LogP contribution in [0.25, 0.3) is 0 Å². The maximum Gasteiger partial charge on any atom is 0.251 e. The van der Waals surface area contributed by atoms with Crippen molar-refractivity contribution in [1.29, 1.82) is 0 Å². The first-order chi connectivity index (χ1) is 9.74. The van der Waals surface area contributed by atoms with Gasteiger partial charge in [0.2, 0.25) is 0 Å². The van der Waals surface area contributed by atoms with Crippen molar-refractivity contribution < 1.29 is 4.79 Å². The first kappa shape index (κ1) is 13.6. The van der Waals surface area contributed by atoms with E-state index in [0.717, 1.165) is 31.2 Å². The lowest BCUT2D eigenvalue weighted by atomic mass is 10.0. The summed E-state index contributed by atoms with van der Waals surface area (Å²) in [4.78, 5) is 12.4. The zero-order valence-electron chi connectivity index (χ0n) is 12.0. The molecule has 1 fully saturated rings. The van der Waals surface area contributed by atoms with E-state index < -0.39 is 0 Å². The molecule has 2 atom stereocenters. The average molecular weight is 272 g/mol. The van der Waals surface area contributed by atoms with Gasteiger partial charge in [-0.05, 0) is 55.4 Å². The molecule has 0 aliphatic heterocycles. The number of rotatable bonds is 2. The van der Waals surface area contributed by atoms with E-state index in [1.165, 1.54) is 36.8 Å². The Bertz CT molecular complexity index is 498. The van der Waals surface area contributed by atoms with Gasteiger partial charge in [-0.3, -0.25) is 4.79 Å². The summed E-state index contributed by atoms with van der Waals surface area (Å²) in [6.07, 6.45) is 9.11. The molecule has 3 nitrogen and oxygen atoms in total. The molecule has 1 saturated carbocycles. The summed E-state index contributed by atoms with van der Waals surface area (Å²) in [5.41, 5.74) is 9.73. The van der Waals surface area contributed by atoms with Crippen LogP contribution in [0.5, 0.6) is 0 Å². The van der Waals surface area contributed by atoms with Crippen molar-refractivity contribution in [2.45, 2.75) is 63.5 Å². The Labute approximate surface area is 120 Å². The molecule has 2 aliphatic carbocycles. The summed E-state index contributed by atoms with van der Waals surface area (Å²) in [6, 6.07) is 6.39. The number of carbonyl (C=O) groups excluding carboxylic acids is 1. The summed E-state index contributed by atoms with van der Waals surface area (Å²) in [6.45, 7) is 0. The lowest BCUT2D eigenvalue weighted by Gasteiger charge is -2.22. The van der Waals surface area contributed by atoms with Crippen molar-refractivity contribution in [2.24, 2.45) is 5.73 Å². The smallest absolute Gasteiger partial charge is 0.251 e. The fourth-order valence-electron chi connectivity index (χ4n) is 3.48. The van der Waals surface area contributed by atoms with Crippen LogP contribution in [0.2, 0.25) is 0 Å². The van der Waals surface area contributed by atoms with Crippen molar-refractivity contribution in [3.63, 3.8) is 0 Å². The Hall–Kier alpha value is -1.35. The molecule has 0 spiro atoms. The average Bonchev–Trinajstić information content (AvgIpc) is 2.83. The first-order valence-electron chi connectivity index (χ1n) is 7.92. The summed E-state index contributed by atoms with van der Waals surface area (Å²) < 4.78 is 0. The molecule has 0 radical (unpaired) electrons. The van der Waals surface area contributed by atoms with Crippen LogP contribution in [-0.2, 0) is 12.8 Å².